The zero-order valence-corrected chi connectivity index (χ0v) is 16.9. The molecular weight excluding hydrogens is 382 g/mol. The summed E-state index contributed by atoms with van der Waals surface area (Å²) in [5.74, 6) is -2.89. The molecule has 1 aliphatic heterocycles. The van der Waals surface area contributed by atoms with Crippen LogP contribution in [0.2, 0.25) is 0 Å². The van der Waals surface area contributed by atoms with E-state index in [9.17, 15) is 25.2 Å². The molecule has 4 unspecified atom stereocenters. The number of aliphatic hydroxyl groups excluding tert-OH is 3. The predicted octanol–water partition coefficient (Wildman–Crippen LogP) is 0.793. The molecule has 29 heavy (non-hydrogen) atoms. The minimum Gasteiger partial charge on any atom is -0.504 e. The van der Waals surface area contributed by atoms with Gasteiger partial charge in [0.2, 0.25) is 11.9 Å². The molecule has 0 fully saturated rings. The first-order valence-electron chi connectivity index (χ1n) is 9.35. The topological polar surface area (TPSA) is 140 Å². The molecule has 0 radical (unpaired) electrons. The van der Waals surface area contributed by atoms with Crippen molar-refractivity contribution >= 4 is 5.97 Å². The van der Waals surface area contributed by atoms with E-state index in [0.29, 0.717) is 18.5 Å². The van der Waals surface area contributed by atoms with Crippen LogP contribution in [0.5, 0.6) is 5.75 Å². The van der Waals surface area contributed by atoms with E-state index in [1.54, 1.807) is 18.2 Å². The lowest BCUT2D eigenvalue weighted by atomic mass is 9.80. The molecule has 162 valence electrons. The molecule has 1 aromatic rings. The lowest BCUT2D eigenvalue weighted by Gasteiger charge is -2.35. The van der Waals surface area contributed by atoms with E-state index in [0.717, 1.165) is 0 Å². The molecule has 0 bridgehead atoms. The van der Waals surface area contributed by atoms with Crippen molar-refractivity contribution in [2.45, 2.75) is 44.2 Å². The molecule has 9 heteroatoms. The van der Waals surface area contributed by atoms with Gasteiger partial charge in [0.25, 0.3) is 0 Å². The van der Waals surface area contributed by atoms with E-state index in [1.807, 2.05) is 32.8 Å². The van der Waals surface area contributed by atoms with E-state index in [1.165, 1.54) is 6.07 Å². The Balaban J connectivity index is 2.32. The summed E-state index contributed by atoms with van der Waals surface area (Å²) in [6.45, 7) is 4.45. The number of hydrogen-bond acceptors (Lipinski definition) is 8. The van der Waals surface area contributed by atoms with E-state index >= 15 is 0 Å². The number of rotatable bonds is 8. The summed E-state index contributed by atoms with van der Waals surface area (Å²) in [6, 6.07) is 6.49. The van der Waals surface area contributed by atoms with Gasteiger partial charge in [0, 0.05) is 12.5 Å². The Labute approximate surface area is 169 Å². The third kappa shape index (κ3) is 4.81. The van der Waals surface area contributed by atoms with Crippen LogP contribution < -0.4 is 4.74 Å². The second-order valence-corrected chi connectivity index (χ2v) is 7.56. The molecule has 0 amide bonds. The minimum absolute atomic E-state index is 0.107. The third-order valence-corrected chi connectivity index (χ3v) is 5.14. The number of benzene rings is 1. The number of carboxylic acids is 1. The first-order chi connectivity index (χ1) is 13.5. The van der Waals surface area contributed by atoms with Crippen LogP contribution in [0, 0.1) is 5.92 Å². The quantitative estimate of drug-likeness (QED) is 0.420. The van der Waals surface area contributed by atoms with Crippen molar-refractivity contribution < 1.29 is 39.8 Å². The summed E-state index contributed by atoms with van der Waals surface area (Å²) in [5, 5.41) is 50.0. The highest BCUT2D eigenvalue weighted by Gasteiger charge is 2.44. The first-order valence-corrected chi connectivity index (χ1v) is 9.35. The van der Waals surface area contributed by atoms with Crippen molar-refractivity contribution in [3.63, 3.8) is 0 Å². The second kappa shape index (κ2) is 9.00. The van der Waals surface area contributed by atoms with E-state index in [2.05, 4.69) is 0 Å². The average molecular weight is 411 g/mol. The Bertz CT molecular complexity index is 765. The van der Waals surface area contributed by atoms with Crippen molar-refractivity contribution in [1.82, 2.24) is 4.90 Å². The first kappa shape index (κ1) is 23.0. The molecule has 1 aliphatic rings. The molecule has 0 aliphatic carbocycles. The van der Waals surface area contributed by atoms with Crippen molar-refractivity contribution in [2.75, 3.05) is 20.6 Å². The third-order valence-electron chi connectivity index (χ3n) is 5.14. The van der Waals surface area contributed by atoms with Crippen LogP contribution in [0.3, 0.4) is 0 Å². The zero-order chi connectivity index (χ0) is 21.9. The lowest BCUT2D eigenvalue weighted by Crippen LogP contribution is -2.49. The van der Waals surface area contributed by atoms with Crippen LogP contribution in [0.25, 0.3) is 0 Å². The fourth-order valence-corrected chi connectivity index (χ4v) is 3.44. The molecule has 2 rings (SSSR count). The fourth-order valence-electron chi connectivity index (χ4n) is 3.44. The van der Waals surface area contributed by atoms with Gasteiger partial charge >= 0.3 is 11.9 Å². The van der Waals surface area contributed by atoms with Crippen LogP contribution >= 0.6 is 0 Å². The molecule has 0 spiro atoms. The molecule has 1 aromatic carbocycles. The normalized spacial score (nSPS) is 25.3. The number of carbonyl (C=O) groups is 1. The van der Waals surface area contributed by atoms with Gasteiger partial charge in [-0.3, -0.25) is 0 Å². The number of aliphatic hydroxyl groups is 4. The maximum absolute atomic E-state index is 11.3. The summed E-state index contributed by atoms with van der Waals surface area (Å²) in [6.07, 6.45) is -5.06. The Morgan fingerprint density at radius 3 is 2.55 bits per heavy atom. The van der Waals surface area contributed by atoms with Crippen LogP contribution in [0.15, 0.2) is 36.0 Å². The van der Waals surface area contributed by atoms with Crippen LogP contribution in [0.4, 0.5) is 0 Å². The molecule has 1 heterocycles. The Morgan fingerprint density at radius 1 is 1.34 bits per heavy atom. The Morgan fingerprint density at radius 2 is 2.00 bits per heavy atom. The molecule has 9 nitrogen and oxygen atoms in total. The van der Waals surface area contributed by atoms with Gasteiger partial charge in [-0.1, -0.05) is 26.0 Å². The standard InChI is InChI=1S/C20H29NO8/c1-5-20(27,11(2)10-21(3)4)12-7-6-8-13(9-12)28-19-16(24)14(22)15(23)17(29-19)18(25)26/h6-9,11,14-15,17,22-24,27H,5,10H2,1-4H3,(H,25,26)/t11?,14?,15-,17?,20?/m0/s1. The summed E-state index contributed by atoms with van der Waals surface area (Å²) in [7, 11) is 3.83. The maximum Gasteiger partial charge on any atom is 0.347 e. The van der Waals surface area contributed by atoms with Crippen LogP contribution in [-0.4, -0.2) is 75.4 Å². The highest BCUT2D eigenvalue weighted by atomic mass is 16.7. The fraction of sp³-hybridized carbons (Fsp3) is 0.550. The average Bonchev–Trinajstić information content (AvgIpc) is 2.67. The summed E-state index contributed by atoms with van der Waals surface area (Å²) in [4.78, 5) is 13.2. The van der Waals surface area contributed by atoms with Gasteiger partial charge in [-0.15, -0.1) is 0 Å². The van der Waals surface area contributed by atoms with Crippen LogP contribution in [0.1, 0.15) is 25.8 Å². The molecular formula is C20H29NO8. The Hall–Kier alpha value is -2.33. The molecule has 0 saturated heterocycles. The number of carboxylic acid groups (broad SMARTS) is 1. The van der Waals surface area contributed by atoms with Gasteiger partial charge in [-0.2, -0.15) is 0 Å². The van der Waals surface area contributed by atoms with Crippen molar-refractivity contribution in [2.24, 2.45) is 5.92 Å². The van der Waals surface area contributed by atoms with E-state index in [4.69, 9.17) is 14.6 Å². The van der Waals surface area contributed by atoms with Gasteiger partial charge in [-0.25, -0.2) is 4.79 Å². The smallest absolute Gasteiger partial charge is 0.347 e. The zero-order valence-electron chi connectivity index (χ0n) is 16.9. The van der Waals surface area contributed by atoms with Gasteiger partial charge < -0.3 is 39.9 Å². The number of nitrogens with zero attached hydrogens (tertiary/aromatic N) is 1. The molecule has 5 atom stereocenters. The van der Waals surface area contributed by atoms with Crippen molar-refractivity contribution in [3.05, 3.63) is 41.5 Å². The highest BCUT2D eigenvalue weighted by molar-refractivity contribution is 5.73. The lowest BCUT2D eigenvalue weighted by molar-refractivity contribution is -0.171. The van der Waals surface area contributed by atoms with Crippen molar-refractivity contribution in [3.8, 4) is 5.75 Å². The second-order valence-electron chi connectivity index (χ2n) is 7.56. The predicted molar refractivity (Wildman–Crippen MR) is 103 cm³/mol. The largest absolute Gasteiger partial charge is 0.504 e. The highest BCUT2D eigenvalue weighted by Crippen LogP contribution is 2.36. The van der Waals surface area contributed by atoms with Gasteiger partial charge in [0.15, 0.2) is 0 Å². The maximum atomic E-state index is 11.3. The number of hydrogen-bond donors (Lipinski definition) is 5. The number of aliphatic carboxylic acids is 1. The summed E-state index contributed by atoms with van der Waals surface area (Å²) in [5.41, 5.74) is -0.564. The van der Waals surface area contributed by atoms with Gasteiger partial charge in [0.05, 0.1) is 5.60 Å². The molecule has 0 aromatic heterocycles. The molecule has 0 saturated carbocycles. The van der Waals surface area contributed by atoms with E-state index < -0.39 is 41.6 Å². The van der Waals surface area contributed by atoms with Crippen molar-refractivity contribution in [1.29, 1.82) is 0 Å². The monoisotopic (exact) mass is 411 g/mol. The Kier molecular flexibility index (Phi) is 7.12. The van der Waals surface area contributed by atoms with Gasteiger partial charge in [0.1, 0.15) is 18.0 Å². The summed E-state index contributed by atoms with van der Waals surface area (Å²) < 4.78 is 10.5. The van der Waals surface area contributed by atoms with E-state index in [-0.39, 0.29) is 11.7 Å². The van der Waals surface area contributed by atoms with Crippen LogP contribution in [-0.2, 0) is 15.1 Å². The number of ether oxygens (including phenoxy) is 2. The SMILES string of the molecule is CCC(O)(c1cccc(OC2=C(O)C(O)[C@H](O)C(C(=O)O)O2)c1)C(C)CN(C)C. The molecule has 5 N–H and O–H groups in total. The van der Waals surface area contributed by atoms with Gasteiger partial charge in [-0.05, 0) is 38.2 Å². The summed E-state index contributed by atoms with van der Waals surface area (Å²) >= 11 is 0. The minimum atomic E-state index is -1.87.